The van der Waals surface area contributed by atoms with Crippen LogP contribution >= 0.6 is 0 Å². The number of aliphatic imine (C=N–C) groups is 1. The van der Waals surface area contributed by atoms with Crippen molar-refractivity contribution in [2.24, 2.45) is 4.99 Å². The maximum atomic E-state index is 4.73. The van der Waals surface area contributed by atoms with Gasteiger partial charge in [-0.2, -0.15) is 0 Å². The predicted molar refractivity (Wildman–Crippen MR) is 32.7 cm³/mol. The zero-order valence-electron chi connectivity index (χ0n) is 4.87. The van der Waals surface area contributed by atoms with Crippen LogP contribution < -0.4 is 0 Å². The van der Waals surface area contributed by atoms with E-state index in [1.165, 1.54) is 0 Å². The van der Waals surface area contributed by atoms with Crippen LogP contribution in [-0.4, -0.2) is 17.9 Å². The lowest BCUT2D eigenvalue weighted by atomic mass is 10.2. The van der Waals surface area contributed by atoms with Crippen LogP contribution in [0.2, 0.25) is 0 Å². The maximum Gasteiger partial charge on any atom is 0.132 e. The molecule has 0 amide bonds. The Labute approximate surface area is 52.4 Å². The average molecular weight is 122 g/mol. The van der Waals surface area contributed by atoms with Crippen molar-refractivity contribution >= 4 is 6.21 Å². The van der Waals surface area contributed by atoms with Crippen LogP contribution in [0.15, 0.2) is 15.8 Å². The molecule has 1 aromatic heterocycles. The Morgan fingerprint density at radius 1 is 1.56 bits per heavy atom. The van der Waals surface area contributed by atoms with E-state index in [9.17, 15) is 0 Å². The van der Waals surface area contributed by atoms with E-state index < -0.39 is 0 Å². The number of rotatable bonds is 0. The molecule has 2 rings (SSSR count). The number of aromatic nitrogens is 1. The van der Waals surface area contributed by atoms with Gasteiger partial charge in [-0.25, -0.2) is 0 Å². The minimum atomic E-state index is 0.847. The molecule has 0 bridgehead atoms. The first kappa shape index (κ1) is 4.73. The Balaban J connectivity index is 2.53. The Bertz CT molecular complexity index is 239. The van der Waals surface area contributed by atoms with Crippen LogP contribution in [-0.2, 0) is 6.42 Å². The van der Waals surface area contributed by atoms with E-state index >= 15 is 0 Å². The van der Waals surface area contributed by atoms with E-state index in [0.29, 0.717) is 0 Å². The fourth-order valence-electron chi connectivity index (χ4n) is 0.896. The molecule has 2 heterocycles. The van der Waals surface area contributed by atoms with Crippen LogP contribution in [0.1, 0.15) is 11.3 Å². The molecule has 1 aliphatic rings. The topological polar surface area (TPSA) is 38.4 Å². The molecule has 0 saturated carbocycles. The molecule has 0 atom stereocenters. The highest BCUT2D eigenvalue weighted by atomic mass is 16.5. The molecule has 0 radical (unpaired) electrons. The molecule has 3 heteroatoms. The van der Waals surface area contributed by atoms with Gasteiger partial charge < -0.3 is 4.52 Å². The summed E-state index contributed by atoms with van der Waals surface area (Å²) in [6.45, 7) is 0.847. The summed E-state index contributed by atoms with van der Waals surface area (Å²) in [6.07, 6.45) is 4.34. The van der Waals surface area contributed by atoms with Crippen molar-refractivity contribution < 1.29 is 4.52 Å². The molecule has 0 N–H and O–H groups in total. The monoisotopic (exact) mass is 122 g/mol. The normalized spacial score (nSPS) is 15.6. The third kappa shape index (κ3) is 0.650. The van der Waals surface area contributed by atoms with E-state index in [1.54, 1.807) is 12.5 Å². The fourth-order valence-corrected chi connectivity index (χ4v) is 0.896. The number of nitrogens with zero attached hydrogens (tertiary/aromatic N) is 2. The van der Waals surface area contributed by atoms with Crippen molar-refractivity contribution in [3.63, 3.8) is 0 Å². The summed E-state index contributed by atoms with van der Waals surface area (Å²) in [5, 5.41) is 3.79. The van der Waals surface area contributed by atoms with E-state index in [0.717, 1.165) is 24.2 Å². The summed E-state index contributed by atoms with van der Waals surface area (Å²) in [7, 11) is 0. The van der Waals surface area contributed by atoms with Crippen molar-refractivity contribution in [1.82, 2.24) is 5.16 Å². The maximum absolute atomic E-state index is 4.73. The van der Waals surface area contributed by atoms with E-state index in [4.69, 9.17) is 4.52 Å². The second kappa shape index (κ2) is 1.69. The minimum absolute atomic E-state index is 0.847. The Morgan fingerprint density at radius 3 is 3.44 bits per heavy atom. The van der Waals surface area contributed by atoms with Crippen molar-refractivity contribution in [2.75, 3.05) is 6.54 Å². The van der Waals surface area contributed by atoms with E-state index in [2.05, 4.69) is 10.1 Å². The molecule has 1 aliphatic heterocycles. The zero-order valence-corrected chi connectivity index (χ0v) is 4.87. The molecule has 0 saturated heterocycles. The lowest BCUT2D eigenvalue weighted by Crippen LogP contribution is -2.00. The van der Waals surface area contributed by atoms with Crippen LogP contribution in [0.4, 0.5) is 0 Å². The Hall–Kier alpha value is -1.12. The fraction of sp³-hybridized carbons (Fsp3) is 0.333. The lowest BCUT2D eigenvalue weighted by molar-refractivity contribution is 0.412. The lowest BCUT2D eigenvalue weighted by Gasteiger charge is -1.97. The predicted octanol–water partition coefficient (Wildman–Crippen LogP) is 0.650. The molecule has 9 heavy (non-hydrogen) atoms. The summed E-state index contributed by atoms with van der Waals surface area (Å²) in [5.74, 6) is 0. The molecule has 3 nitrogen and oxygen atoms in total. The van der Waals surface area contributed by atoms with Gasteiger partial charge in [-0.1, -0.05) is 5.16 Å². The standard InChI is InChI=1S/C6H6N2O/c1-2-7-3-5-4-9-8-6(1)5/h3-4H,1-2H2. The SMILES string of the molecule is C1=NCCc2nocc21. The first-order chi connectivity index (χ1) is 4.47. The van der Waals surface area contributed by atoms with Gasteiger partial charge in [0, 0.05) is 19.2 Å². The third-order valence-electron chi connectivity index (χ3n) is 1.38. The van der Waals surface area contributed by atoms with Gasteiger partial charge in [-0.3, -0.25) is 4.99 Å². The molecule has 46 valence electrons. The van der Waals surface area contributed by atoms with Gasteiger partial charge >= 0.3 is 0 Å². The highest BCUT2D eigenvalue weighted by Crippen LogP contribution is 2.08. The summed E-state index contributed by atoms with van der Waals surface area (Å²) in [6, 6.07) is 0. The second-order valence-corrected chi connectivity index (χ2v) is 2.00. The summed E-state index contributed by atoms with van der Waals surface area (Å²) < 4.78 is 4.73. The number of fused-ring (bicyclic) bond motifs is 1. The van der Waals surface area contributed by atoms with Gasteiger partial charge in [0.1, 0.15) is 6.26 Å². The first-order valence-corrected chi connectivity index (χ1v) is 2.90. The quantitative estimate of drug-likeness (QED) is 0.506. The Morgan fingerprint density at radius 2 is 2.56 bits per heavy atom. The molecule has 0 fully saturated rings. The molecule has 0 aromatic carbocycles. The second-order valence-electron chi connectivity index (χ2n) is 2.00. The largest absolute Gasteiger partial charge is 0.364 e. The Kier molecular flexibility index (Phi) is 0.886. The van der Waals surface area contributed by atoms with Crippen molar-refractivity contribution in [2.45, 2.75) is 6.42 Å². The average Bonchev–Trinajstić information content (AvgIpc) is 2.33. The molecule has 0 spiro atoms. The van der Waals surface area contributed by atoms with Crippen LogP contribution in [0.3, 0.4) is 0 Å². The molecular formula is C6H6N2O. The molecule has 0 unspecified atom stereocenters. The van der Waals surface area contributed by atoms with Gasteiger partial charge in [0.15, 0.2) is 0 Å². The highest BCUT2D eigenvalue weighted by Gasteiger charge is 2.07. The molecular weight excluding hydrogens is 116 g/mol. The van der Waals surface area contributed by atoms with Crippen molar-refractivity contribution in [3.05, 3.63) is 17.5 Å². The van der Waals surface area contributed by atoms with Crippen LogP contribution in [0, 0.1) is 0 Å². The van der Waals surface area contributed by atoms with E-state index in [1.807, 2.05) is 0 Å². The first-order valence-electron chi connectivity index (χ1n) is 2.90. The smallest absolute Gasteiger partial charge is 0.132 e. The minimum Gasteiger partial charge on any atom is -0.364 e. The van der Waals surface area contributed by atoms with Crippen LogP contribution in [0.25, 0.3) is 0 Å². The van der Waals surface area contributed by atoms with Gasteiger partial charge in [0.05, 0.1) is 11.3 Å². The highest BCUT2D eigenvalue weighted by molar-refractivity contribution is 5.81. The van der Waals surface area contributed by atoms with Gasteiger partial charge in [-0.05, 0) is 0 Å². The van der Waals surface area contributed by atoms with Gasteiger partial charge in [-0.15, -0.1) is 0 Å². The van der Waals surface area contributed by atoms with Crippen molar-refractivity contribution in [3.8, 4) is 0 Å². The van der Waals surface area contributed by atoms with Gasteiger partial charge in [0.25, 0.3) is 0 Å². The summed E-state index contributed by atoms with van der Waals surface area (Å²) >= 11 is 0. The van der Waals surface area contributed by atoms with Gasteiger partial charge in [0.2, 0.25) is 0 Å². The van der Waals surface area contributed by atoms with Crippen molar-refractivity contribution in [1.29, 1.82) is 0 Å². The van der Waals surface area contributed by atoms with E-state index in [-0.39, 0.29) is 0 Å². The number of hydrogen-bond donors (Lipinski definition) is 0. The van der Waals surface area contributed by atoms with Crippen LogP contribution in [0.5, 0.6) is 0 Å². The molecule has 1 aromatic rings. The third-order valence-corrected chi connectivity index (χ3v) is 1.38. The number of hydrogen-bond acceptors (Lipinski definition) is 3. The summed E-state index contributed by atoms with van der Waals surface area (Å²) in [5.41, 5.74) is 2.06. The molecule has 0 aliphatic carbocycles. The zero-order chi connectivity index (χ0) is 6.10. The summed E-state index contributed by atoms with van der Waals surface area (Å²) in [4.78, 5) is 4.07.